The molecule has 1 saturated heterocycles. The van der Waals surface area contributed by atoms with Gasteiger partial charge >= 0.3 is 0 Å². The van der Waals surface area contributed by atoms with E-state index in [0.29, 0.717) is 24.1 Å². The van der Waals surface area contributed by atoms with Crippen molar-refractivity contribution in [3.8, 4) is 17.1 Å². The van der Waals surface area contributed by atoms with Gasteiger partial charge in [-0.15, -0.1) is 10.2 Å². The number of carbonyl (C=O) groups excluding carboxylic acids is 1. The van der Waals surface area contributed by atoms with Gasteiger partial charge in [-0.2, -0.15) is 0 Å². The summed E-state index contributed by atoms with van der Waals surface area (Å²) in [5.41, 5.74) is 1.78. The van der Waals surface area contributed by atoms with E-state index in [-0.39, 0.29) is 17.5 Å². The van der Waals surface area contributed by atoms with Crippen molar-refractivity contribution in [3.05, 3.63) is 59.9 Å². The van der Waals surface area contributed by atoms with E-state index in [4.69, 9.17) is 9.47 Å². The van der Waals surface area contributed by atoms with E-state index in [1.807, 2.05) is 28.8 Å². The highest BCUT2D eigenvalue weighted by molar-refractivity contribution is 7.99. The maximum atomic E-state index is 13.5. The first kappa shape index (κ1) is 25.2. The standard InChI is InChI=1S/C25H30FN5O3S/c1-29(17-19-4-3-5-22(16-19)33-2)23(32)18-35-25-28-27-24(20-6-8-21(26)9-7-20)31(25)11-10-30-12-14-34-15-13-30/h3-9,16H,10-15,17-18H2,1-2H3. The van der Waals surface area contributed by atoms with Crippen LogP contribution in [-0.2, 0) is 22.6 Å². The molecule has 0 aliphatic carbocycles. The maximum absolute atomic E-state index is 13.5. The van der Waals surface area contributed by atoms with Crippen molar-refractivity contribution in [1.82, 2.24) is 24.6 Å². The first-order chi connectivity index (χ1) is 17.0. The Hall–Kier alpha value is -2.95. The van der Waals surface area contributed by atoms with Crippen molar-refractivity contribution in [1.29, 1.82) is 0 Å². The van der Waals surface area contributed by atoms with Crippen LogP contribution in [0.1, 0.15) is 5.56 Å². The Kier molecular flexibility index (Phi) is 8.73. The van der Waals surface area contributed by atoms with Crippen molar-refractivity contribution < 1.29 is 18.7 Å². The number of halogens is 1. The largest absolute Gasteiger partial charge is 0.497 e. The van der Waals surface area contributed by atoms with Gasteiger partial charge in [-0.1, -0.05) is 23.9 Å². The molecule has 1 aliphatic heterocycles. The molecule has 0 spiro atoms. The predicted molar refractivity (Wildman–Crippen MR) is 133 cm³/mol. The SMILES string of the molecule is COc1cccc(CN(C)C(=O)CSc2nnc(-c3ccc(F)cc3)n2CCN2CCOCC2)c1. The Morgan fingerprint density at radius 2 is 1.91 bits per heavy atom. The molecule has 186 valence electrons. The predicted octanol–water partition coefficient (Wildman–Crippen LogP) is 3.18. The summed E-state index contributed by atoms with van der Waals surface area (Å²) in [7, 11) is 3.41. The average Bonchev–Trinajstić information content (AvgIpc) is 3.29. The highest BCUT2D eigenvalue weighted by atomic mass is 32.2. The van der Waals surface area contributed by atoms with Crippen LogP contribution in [0, 0.1) is 5.82 Å². The summed E-state index contributed by atoms with van der Waals surface area (Å²) in [6.45, 7) is 5.17. The number of hydrogen-bond donors (Lipinski definition) is 0. The number of nitrogens with zero attached hydrogens (tertiary/aromatic N) is 5. The van der Waals surface area contributed by atoms with Crippen LogP contribution >= 0.6 is 11.8 Å². The molecule has 8 nitrogen and oxygen atoms in total. The smallest absolute Gasteiger partial charge is 0.233 e. The molecular formula is C25H30FN5O3S. The number of rotatable bonds is 10. The van der Waals surface area contributed by atoms with Crippen LogP contribution in [0.3, 0.4) is 0 Å². The van der Waals surface area contributed by atoms with Crippen LogP contribution in [0.2, 0.25) is 0 Å². The van der Waals surface area contributed by atoms with Gasteiger partial charge in [0.25, 0.3) is 0 Å². The third-order valence-electron chi connectivity index (χ3n) is 5.87. The van der Waals surface area contributed by atoms with Gasteiger partial charge < -0.3 is 18.9 Å². The highest BCUT2D eigenvalue weighted by Crippen LogP contribution is 2.25. The minimum atomic E-state index is -0.299. The van der Waals surface area contributed by atoms with Crippen LogP contribution in [0.25, 0.3) is 11.4 Å². The summed E-state index contributed by atoms with van der Waals surface area (Å²) in [6, 6.07) is 13.9. The number of benzene rings is 2. The Bertz CT molecular complexity index is 1120. The molecule has 0 bridgehead atoms. The topological polar surface area (TPSA) is 72.7 Å². The van der Waals surface area contributed by atoms with E-state index in [1.165, 1.54) is 23.9 Å². The van der Waals surface area contributed by atoms with E-state index in [1.54, 1.807) is 31.2 Å². The molecule has 1 fully saturated rings. The van der Waals surface area contributed by atoms with Crippen LogP contribution in [-0.4, -0.2) is 83.2 Å². The lowest BCUT2D eigenvalue weighted by Gasteiger charge is -2.27. The third kappa shape index (κ3) is 6.81. The first-order valence-corrected chi connectivity index (χ1v) is 12.5. The zero-order chi connectivity index (χ0) is 24.6. The number of morpholine rings is 1. The van der Waals surface area contributed by atoms with Crippen LogP contribution in [0.4, 0.5) is 4.39 Å². The van der Waals surface area contributed by atoms with Crippen molar-refractivity contribution >= 4 is 17.7 Å². The summed E-state index contributed by atoms with van der Waals surface area (Å²) < 4.78 is 26.2. The lowest BCUT2D eigenvalue weighted by Crippen LogP contribution is -2.38. The molecule has 0 atom stereocenters. The van der Waals surface area contributed by atoms with Crippen molar-refractivity contribution in [2.75, 3.05) is 52.8 Å². The molecule has 3 aromatic rings. The zero-order valence-electron chi connectivity index (χ0n) is 20.0. The lowest BCUT2D eigenvalue weighted by molar-refractivity contribution is -0.127. The second-order valence-electron chi connectivity index (χ2n) is 8.31. The first-order valence-electron chi connectivity index (χ1n) is 11.5. The van der Waals surface area contributed by atoms with Gasteiger partial charge in [0.2, 0.25) is 5.91 Å². The second kappa shape index (κ2) is 12.1. The number of hydrogen-bond acceptors (Lipinski definition) is 7. The number of ether oxygens (including phenoxy) is 2. The zero-order valence-corrected chi connectivity index (χ0v) is 20.8. The number of methoxy groups -OCH3 is 1. The Morgan fingerprint density at radius 1 is 1.14 bits per heavy atom. The summed E-state index contributed by atoms with van der Waals surface area (Å²) in [5.74, 6) is 1.35. The monoisotopic (exact) mass is 499 g/mol. The minimum Gasteiger partial charge on any atom is -0.497 e. The summed E-state index contributed by atoms with van der Waals surface area (Å²) in [5, 5.41) is 9.41. The lowest BCUT2D eigenvalue weighted by atomic mass is 10.2. The van der Waals surface area contributed by atoms with Gasteiger partial charge in [0.05, 0.1) is 26.1 Å². The Balaban J connectivity index is 1.44. The van der Waals surface area contributed by atoms with Crippen LogP contribution in [0.15, 0.2) is 53.7 Å². The van der Waals surface area contributed by atoms with Gasteiger partial charge in [0, 0.05) is 45.3 Å². The van der Waals surface area contributed by atoms with E-state index in [0.717, 1.165) is 49.7 Å². The molecular weight excluding hydrogens is 469 g/mol. The molecule has 2 aromatic carbocycles. The summed E-state index contributed by atoms with van der Waals surface area (Å²) in [6.07, 6.45) is 0. The summed E-state index contributed by atoms with van der Waals surface area (Å²) >= 11 is 1.36. The van der Waals surface area contributed by atoms with Crippen LogP contribution in [0.5, 0.6) is 5.75 Å². The molecule has 0 N–H and O–H groups in total. The van der Waals surface area contributed by atoms with Gasteiger partial charge in [-0.3, -0.25) is 9.69 Å². The maximum Gasteiger partial charge on any atom is 0.233 e. The van der Waals surface area contributed by atoms with E-state index < -0.39 is 0 Å². The highest BCUT2D eigenvalue weighted by Gasteiger charge is 2.19. The molecule has 35 heavy (non-hydrogen) atoms. The summed E-state index contributed by atoms with van der Waals surface area (Å²) in [4.78, 5) is 16.9. The minimum absolute atomic E-state index is 0.0103. The van der Waals surface area contributed by atoms with Gasteiger partial charge in [0.15, 0.2) is 11.0 Å². The number of thioether (sulfide) groups is 1. The van der Waals surface area contributed by atoms with Crippen molar-refractivity contribution in [2.45, 2.75) is 18.2 Å². The quantitative estimate of drug-likeness (QED) is 0.397. The number of carbonyl (C=O) groups is 1. The fraction of sp³-hybridized carbons (Fsp3) is 0.400. The second-order valence-corrected chi connectivity index (χ2v) is 9.25. The van der Waals surface area contributed by atoms with Crippen LogP contribution < -0.4 is 4.74 Å². The fourth-order valence-electron chi connectivity index (χ4n) is 3.85. The number of aromatic nitrogens is 3. The molecule has 1 amide bonds. The molecule has 4 rings (SSSR count). The average molecular weight is 500 g/mol. The van der Waals surface area contributed by atoms with Gasteiger partial charge in [-0.25, -0.2) is 4.39 Å². The molecule has 10 heteroatoms. The van der Waals surface area contributed by atoms with Crippen molar-refractivity contribution in [2.24, 2.45) is 0 Å². The molecule has 0 radical (unpaired) electrons. The molecule has 2 heterocycles. The van der Waals surface area contributed by atoms with Crippen molar-refractivity contribution in [3.63, 3.8) is 0 Å². The Morgan fingerprint density at radius 3 is 2.66 bits per heavy atom. The molecule has 0 saturated carbocycles. The van der Waals surface area contributed by atoms with Gasteiger partial charge in [-0.05, 0) is 42.0 Å². The molecule has 1 aliphatic rings. The van der Waals surface area contributed by atoms with E-state index in [2.05, 4.69) is 15.1 Å². The third-order valence-corrected chi connectivity index (χ3v) is 6.82. The normalized spacial score (nSPS) is 14.1. The van der Waals surface area contributed by atoms with E-state index in [9.17, 15) is 9.18 Å². The van der Waals surface area contributed by atoms with Gasteiger partial charge in [0.1, 0.15) is 11.6 Å². The molecule has 1 aromatic heterocycles. The number of amides is 1. The fourth-order valence-corrected chi connectivity index (χ4v) is 4.75. The molecule has 0 unspecified atom stereocenters. The Labute approximate surface area is 209 Å². The van der Waals surface area contributed by atoms with E-state index >= 15 is 0 Å².